The van der Waals surface area contributed by atoms with Gasteiger partial charge in [0.1, 0.15) is 17.2 Å². The molecule has 1 saturated heterocycles. The van der Waals surface area contributed by atoms with Crippen molar-refractivity contribution in [3.8, 4) is 5.75 Å². The summed E-state index contributed by atoms with van der Waals surface area (Å²) >= 11 is 3.54. The molecule has 0 bridgehead atoms. The molecule has 3 rings (SSSR count). The number of rotatable bonds is 4. The Balaban J connectivity index is 1.79. The molecule has 22 heavy (non-hydrogen) atoms. The topological polar surface area (TPSA) is 47.2 Å². The van der Waals surface area contributed by atoms with E-state index in [4.69, 9.17) is 13.9 Å². The highest BCUT2D eigenvalue weighted by molar-refractivity contribution is 9.10. The lowest BCUT2D eigenvalue weighted by molar-refractivity contribution is 0.120. The molecule has 0 amide bonds. The molecule has 1 aliphatic heterocycles. The summed E-state index contributed by atoms with van der Waals surface area (Å²) in [5.41, 5.74) is 0.769. The molecule has 0 aliphatic carbocycles. The summed E-state index contributed by atoms with van der Waals surface area (Å²) in [6.07, 6.45) is 1.70. The lowest BCUT2D eigenvalue weighted by Gasteiger charge is -2.26. The summed E-state index contributed by atoms with van der Waals surface area (Å²) < 4.78 is 17.5. The van der Waals surface area contributed by atoms with E-state index in [0.29, 0.717) is 5.76 Å². The first-order valence-corrected chi connectivity index (χ1v) is 7.86. The average Bonchev–Trinajstić information content (AvgIpc) is 2.95. The zero-order chi connectivity index (χ0) is 15.4. The summed E-state index contributed by atoms with van der Waals surface area (Å²) in [7, 11) is 1.63. The largest absolute Gasteiger partial charge is 0.494 e. The van der Waals surface area contributed by atoms with Gasteiger partial charge in [0.2, 0.25) is 5.88 Å². The number of ether oxygens (including phenoxy) is 2. The van der Waals surface area contributed by atoms with Crippen LogP contribution in [0, 0.1) is 0 Å². The lowest BCUT2D eigenvalue weighted by Crippen LogP contribution is -2.36. The van der Waals surface area contributed by atoms with Gasteiger partial charge in [-0.15, -0.1) is 0 Å². The molecule has 0 saturated carbocycles. The van der Waals surface area contributed by atoms with Crippen molar-refractivity contribution in [3.63, 3.8) is 0 Å². The van der Waals surface area contributed by atoms with E-state index in [1.165, 1.54) is 0 Å². The number of hydrogen-bond acceptors (Lipinski definition) is 5. The maximum Gasteiger partial charge on any atom is 0.210 e. The highest BCUT2D eigenvalue weighted by Crippen LogP contribution is 2.31. The molecular weight excluding hydrogens is 348 g/mol. The first-order chi connectivity index (χ1) is 10.8. The van der Waals surface area contributed by atoms with Gasteiger partial charge in [0.25, 0.3) is 0 Å². The number of nitrogens with zero attached hydrogens (tertiary/aromatic N) is 2. The number of methoxy groups -OCH3 is 1. The van der Waals surface area contributed by atoms with Crippen LogP contribution in [0.4, 0.5) is 11.6 Å². The van der Waals surface area contributed by atoms with Gasteiger partial charge >= 0.3 is 0 Å². The Kier molecular flexibility index (Phi) is 4.80. The van der Waals surface area contributed by atoms with Crippen LogP contribution in [0.2, 0.25) is 0 Å². The van der Waals surface area contributed by atoms with Crippen LogP contribution in [0.1, 0.15) is 5.76 Å². The molecule has 2 heterocycles. The molecule has 1 aliphatic rings. The minimum absolute atomic E-state index is 0.694. The average molecular weight is 365 g/mol. The summed E-state index contributed by atoms with van der Waals surface area (Å²) in [5.74, 6) is 2.25. The van der Waals surface area contributed by atoms with Gasteiger partial charge in [-0.2, -0.15) is 0 Å². The van der Waals surface area contributed by atoms with E-state index in [-0.39, 0.29) is 0 Å². The fourth-order valence-corrected chi connectivity index (χ4v) is 2.85. The van der Waals surface area contributed by atoms with Crippen molar-refractivity contribution < 1.29 is 13.9 Å². The summed E-state index contributed by atoms with van der Waals surface area (Å²) in [6.45, 7) is 3.10. The summed E-state index contributed by atoms with van der Waals surface area (Å²) in [5, 5.41) is 0. The Bertz CT molecular complexity index is 663. The zero-order valence-electron chi connectivity index (χ0n) is 12.3. The molecule has 5 nitrogen and oxygen atoms in total. The van der Waals surface area contributed by atoms with Crippen molar-refractivity contribution in [1.82, 2.24) is 0 Å². The minimum Gasteiger partial charge on any atom is -0.494 e. The van der Waals surface area contributed by atoms with E-state index in [1.54, 1.807) is 13.3 Å². The van der Waals surface area contributed by atoms with Gasteiger partial charge < -0.3 is 18.8 Å². The van der Waals surface area contributed by atoms with Crippen molar-refractivity contribution in [2.24, 2.45) is 4.99 Å². The third-order valence-electron chi connectivity index (χ3n) is 3.40. The number of anilines is 1. The Morgan fingerprint density at radius 1 is 1.27 bits per heavy atom. The highest BCUT2D eigenvalue weighted by Gasteiger charge is 2.18. The Morgan fingerprint density at radius 2 is 2.05 bits per heavy atom. The highest BCUT2D eigenvalue weighted by atomic mass is 79.9. The molecule has 116 valence electrons. The van der Waals surface area contributed by atoms with Crippen LogP contribution in [-0.4, -0.2) is 39.6 Å². The smallest absolute Gasteiger partial charge is 0.210 e. The molecule has 0 spiro atoms. The Morgan fingerprint density at radius 3 is 2.82 bits per heavy atom. The second-order valence-corrected chi connectivity index (χ2v) is 5.69. The molecule has 0 atom stereocenters. The number of furan rings is 1. The van der Waals surface area contributed by atoms with Crippen LogP contribution in [0.25, 0.3) is 0 Å². The third kappa shape index (κ3) is 3.34. The van der Waals surface area contributed by atoms with E-state index in [1.807, 2.05) is 30.3 Å². The minimum atomic E-state index is 0.694. The molecule has 2 aromatic rings. The van der Waals surface area contributed by atoms with Crippen LogP contribution in [0.15, 0.2) is 44.2 Å². The van der Waals surface area contributed by atoms with Gasteiger partial charge in [-0.1, -0.05) is 12.1 Å². The maximum atomic E-state index is 5.88. The number of morpholine rings is 1. The van der Waals surface area contributed by atoms with Crippen LogP contribution >= 0.6 is 15.9 Å². The van der Waals surface area contributed by atoms with Crippen LogP contribution < -0.4 is 9.64 Å². The van der Waals surface area contributed by atoms with Gasteiger partial charge in [-0.25, -0.2) is 4.99 Å². The molecule has 0 unspecified atom stereocenters. The van der Waals surface area contributed by atoms with E-state index in [0.717, 1.165) is 48.1 Å². The van der Waals surface area contributed by atoms with E-state index in [2.05, 4.69) is 25.8 Å². The van der Waals surface area contributed by atoms with Crippen molar-refractivity contribution in [1.29, 1.82) is 0 Å². The quantitative estimate of drug-likeness (QED) is 0.777. The SMILES string of the molecule is COc1ccccc1N=Cc1cc(Br)c(N2CCOCC2)o1. The standard InChI is InChI=1S/C16H17BrN2O3/c1-20-15-5-3-2-4-14(15)18-11-12-10-13(17)16(22-12)19-6-8-21-9-7-19/h2-5,10-11H,6-9H2,1H3. The number of aliphatic imine (C=N–C) groups is 1. The van der Waals surface area contributed by atoms with Crippen LogP contribution in [-0.2, 0) is 4.74 Å². The number of hydrogen-bond donors (Lipinski definition) is 0. The molecule has 1 aromatic carbocycles. The predicted molar refractivity (Wildman–Crippen MR) is 89.7 cm³/mol. The molecule has 0 N–H and O–H groups in total. The zero-order valence-corrected chi connectivity index (χ0v) is 13.9. The van der Waals surface area contributed by atoms with Gasteiger partial charge in [-0.05, 0) is 28.1 Å². The third-order valence-corrected chi connectivity index (χ3v) is 3.97. The maximum absolute atomic E-state index is 5.88. The second-order valence-electron chi connectivity index (χ2n) is 4.83. The lowest BCUT2D eigenvalue weighted by atomic mass is 10.3. The van der Waals surface area contributed by atoms with Gasteiger partial charge in [-0.3, -0.25) is 0 Å². The normalized spacial score (nSPS) is 15.5. The molecule has 1 aromatic heterocycles. The summed E-state index contributed by atoms with van der Waals surface area (Å²) in [6, 6.07) is 9.54. The number of para-hydroxylation sites is 2. The first-order valence-electron chi connectivity index (χ1n) is 7.07. The summed E-state index contributed by atoms with van der Waals surface area (Å²) in [4.78, 5) is 6.60. The predicted octanol–water partition coefficient (Wildman–Crippen LogP) is 3.64. The fraction of sp³-hybridized carbons (Fsp3) is 0.312. The molecule has 6 heteroatoms. The van der Waals surface area contributed by atoms with Crippen molar-refractivity contribution in [2.75, 3.05) is 38.3 Å². The van der Waals surface area contributed by atoms with E-state index >= 15 is 0 Å². The molecule has 0 radical (unpaired) electrons. The number of halogens is 1. The Hall–Kier alpha value is -1.79. The van der Waals surface area contributed by atoms with Gasteiger partial charge in [0, 0.05) is 19.2 Å². The van der Waals surface area contributed by atoms with Crippen molar-refractivity contribution >= 4 is 33.7 Å². The Labute approximate surface area is 137 Å². The molecule has 1 fully saturated rings. The second kappa shape index (κ2) is 6.98. The van der Waals surface area contributed by atoms with Gasteiger partial charge in [0.05, 0.1) is 31.0 Å². The van der Waals surface area contributed by atoms with Crippen molar-refractivity contribution in [3.05, 3.63) is 40.6 Å². The first kappa shape index (κ1) is 15.1. The monoisotopic (exact) mass is 364 g/mol. The van der Waals surface area contributed by atoms with E-state index in [9.17, 15) is 0 Å². The van der Waals surface area contributed by atoms with Crippen LogP contribution in [0.3, 0.4) is 0 Å². The van der Waals surface area contributed by atoms with E-state index < -0.39 is 0 Å². The van der Waals surface area contributed by atoms with Gasteiger partial charge in [0.15, 0.2) is 0 Å². The van der Waals surface area contributed by atoms with Crippen molar-refractivity contribution in [2.45, 2.75) is 0 Å². The fourth-order valence-electron chi connectivity index (χ4n) is 2.29. The van der Waals surface area contributed by atoms with Crippen LogP contribution in [0.5, 0.6) is 5.75 Å². The number of benzene rings is 1. The molecular formula is C16H17BrN2O3.